The highest BCUT2D eigenvalue weighted by atomic mass is 32.2. The number of carbonyl (C=O) groups is 1. The first-order valence-electron chi connectivity index (χ1n) is 6.50. The summed E-state index contributed by atoms with van der Waals surface area (Å²) in [7, 11) is 1.48. The highest BCUT2D eigenvalue weighted by Crippen LogP contribution is 2.51. The van der Waals surface area contributed by atoms with E-state index < -0.39 is 0 Å². The summed E-state index contributed by atoms with van der Waals surface area (Å²) in [4.78, 5) is 11.3. The second-order valence-electron chi connectivity index (χ2n) is 5.05. The minimum Gasteiger partial charge on any atom is -0.469 e. The van der Waals surface area contributed by atoms with Crippen LogP contribution < -0.4 is 5.32 Å². The molecule has 0 saturated heterocycles. The zero-order valence-corrected chi connectivity index (χ0v) is 12.1. The van der Waals surface area contributed by atoms with Gasteiger partial charge in [-0.3, -0.25) is 4.79 Å². The Hall–Kier alpha value is -0.220. The van der Waals surface area contributed by atoms with E-state index in [1.165, 1.54) is 32.1 Å². The molecule has 1 atom stereocenters. The van der Waals surface area contributed by atoms with Crippen molar-refractivity contribution in [2.45, 2.75) is 45.6 Å². The zero-order chi connectivity index (χ0) is 12.7. The second kappa shape index (κ2) is 7.27. The zero-order valence-electron chi connectivity index (χ0n) is 11.3. The molecule has 1 saturated carbocycles. The maximum absolute atomic E-state index is 11.3. The van der Waals surface area contributed by atoms with E-state index in [-0.39, 0.29) is 11.4 Å². The average Bonchev–Trinajstić information content (AvgIpc) is 3.05. The van der Waals surface area contributed by atoms with E-state index >= 15 is 0 Å². The fraction of sp³-hybridized carbons (Fsp3) is 0.923. The van der Waals surface area contributed by atoms with E-state index in [1.807, 2.05) is 11.8 Å². The number of nitrogens with one attached hydrogen (secondary N) is 1. The Labute approximate surface area is 109 Å². The van der Waals surface area contributed by atoms with Crippen LogP contribution in [0.1, 0.15) is 39.5 Å². The Bertz CT molecular complexity index is 242. The van der Waals surface area contributed by atoms with Crippen molar-refractivity contribution in [2.24, 2.45) is 5.41 Å². The Balaban J connectivity index is 2.08. The Morgan fingerprint density at radius 3 is 2.76 bits per heavy atom. The molecule has 0 aromatic heterocycles. The van der Waals surface area contributed by atoms with Crippen LogP contribution in [0.2, 0.25) is 0 Å². The van der Waals surface area contributed by atoms with Gasteiger partial charge in [0.15, 0.2) is 0 Å². The third kappa shape index (κ3) is 5.77. The normalized spacial score (nSPS) is 18.8. The number of thioether (sulfide) groups is 1. The van der Waals surface area contributed by atoms with Gasteiger partial charge in [0, 0.05) is 6.04 Å². The first-order chi connectivity index (χ1) is 8.12. The fourth-order valence-corrected chi connectivity index (χ4v) is 3.41. The molecule has 0 spiro atoms. The summed E-state index contributed by atoms with van der Waals surface area (Å²) < 4.78 is 4.74. The molecular formula is C13H25NO2S. The van der Waals surface area contributed by atoms with Gasteiger partial charge in [-0.15, -0.1) is 0 Å². The third-order valence-electron chi connectivity index (χ3n) is 3.36. The summed E-state index contributed by atoms with van der Waals surface area (Å²) in [6.07, 6.45) is 4.20. The van der Waals surface area contributed by atoms with Crippen molar-refractivity contribution >= 4 is 17.7 Å². The smallest absolute Gasteiger partial charge is 0.306 e. The molecule has 0 radical (unpaired) electrons. The molecule has 1 unspecified atom stereocenters. The average molecular weight is 259 g/mol. The first kappa shape index (κ1) is 14.8. The standard InChI is InChI=1S/C13H25NO2S/c1-4-14-11(2)5-8-17-10-13(6-7-13)9-12(15)16-3/h11,14H,4-10H2,1-3H3. The summed E-state index contributed by atoms with van der Waals surface area (Å²) >= 11 is 1.98. The van der Waals surface area contributed by atoms with E-state index in [0.29, 0.717) is 12.5 Å². The summed E-state index contributed by atoms with van der Waals surface area (Å²) in [6, 6.07) is 0.600. The fourth-order valence-electron chi connectivity index (χ4n) is 1.93. The van der Waals surface area contributed by atoms with Gasteiger partial charge in [0.1, 0.15) is 0 Å². The van der Waals surface area contributed by atoms with Crippen molar-refractivity contribution in [3.8, 4) is 0 Å². The van der Waals surface area contributed by atoms with Crippen molar-refractivity contribution in [3.05, 3.63) is 0 Å². The van der Waals surface area contributed by atoms with Gasteiger partial charge in [-0.25, -0.2) is 0 Å². The lowest BCUT2D eigenvalue weighted by molar-refractivity contribution is -0.141. The number of methoxy groups -OCH3 is 1. The first-order valence-corrected chi connectivity index (χ1v) is 7.65. The van der Waals surface area contributed by atoms with Crippen molar-refractivity contribution in [3.63, 3.8) is 0 Å². The molecule has 1 aliphatic rings. The van der Waals surface area contributed by atoms with E-state index in [4.69, 9.17) is 4.74 Å². The lowest BCUT2D eigenvalue weighted by Gasteiger charge is -2.15. The molecule has 0 aromatic rings. The Kier molecular flexibility index (Phi) is 6.34. The monoisotopic (exact) mass is 259 g/mol. The molecule has 100 valence electrons. The molecule has 0 heterocycles. The quantitative estimate of drug-likeness (QED) is 0.510. The van der Waals surface area contributed by atoms with Gasteiger partial charge in [-0.1, -0.05) is 6.92 Å². The van der Waals surface area contributed by atoms with Crippen LogP contribution >= 0.6 is 11.8 Å². The molecule has 1 aliphatic carbocycles. The molecule has 1 rings (SSSR count). The van der Waals surface area contributed by atoms with Crippen molar-refractivity contribution in [2.75, 3.05) is 25.2 Å². The van der Waals surface area contributed by atoms with E-state index in [2.05, 4.69) is 19.2 Å². The van der Waals surface area contributed by atoms with Gasteiger partial charge in [-0.2, -0.15) is 11.8 Å². The van der Waals surface area contributed by atoms with E-state index in [0.717, 1.165) is 12.3 Å². The molecule has 1 N–H and O–H groups in total. The van der Waals surface area contributed by atoms with Crippen molar-refractivity contribution in [1.29, 1.82) is 0 Å². The minimum atomic E-state index is -0.0517. The van der Waals surface area contributed by atoms with Gasteiger partial charge < -0.3 is 10.1 Å². The maximum atomic E-state index is 11.3. The van der Waals surface area contributed by atoms with Gasteiger partial charge in [-0.05, 0) is 49.7 Å². The molecule has 0 aliphatic heterocycles. The SMILES string of the molecule is CCNC(C)CCSCC1(CC(=O)OC)CC1. The van der Waals surface area contributed by atoms with Crippen LogP contribution in [0.25, 0.3) is 0 Å². The second-order valence-corrected chi connectivity index (χ2v) is 6.16. The van der Waals surface area contributed by atoms with E-state index in [9.17, 15) is 4.79 Å². The third-order valence-corrected chi connectivity index (χ3v) is 4.70. The molecule has 1 fully saturated rings. The summed E-state index contributed by atoms with van der Waals surface area (Å²) in [6.45, 7) is 5.41. The molecule has 17 heavy (non-hydrogen) atoms. The van der Waals surface area contributed by atoms with Crippen LogP contribution in [0.15, 0.2) is 0 Å². The molecule has 0 bridgehead atoms. The van der Waals surface area contributed by atoms with Crippen LogP contribution in [0.4, 0.5) is 0 Å². The topological polar surface area (TPSA) is 38.3 Å². The Morgan fingerprint density at radius 2 is 2.24 bits per heavy atom. The predicted molar refractivity (Wildman–Crippen MR) is 73.4 cm³/mol. The number of rotatable bonds is 9. The van der Waals surface area contributed by atoms with Crippen LogP contribution in [-0.4, -0.2) is 37.2 Å². The molecule has 4 heteroatoms. The Morgan fingerprint density at radius 1 is 1.53 bits per heavy atom. The van der Waals surface area contributed by atoms with Gasteiger partial charge in [0.05, 0.1) is 13.5 Å². The molecule has 3 nitrogen and oxygen atoms in total. The number of hydrogen-bond acceptors (Lipinski definition) is 4. The highest BCUT2D eigenvalue weighted by molar-refractivity contribution is 7.99. The largest absolute Gasteiger partial charge is 0.469 e. The van der Waals surface area contributed by atoms with Gasteiger partial charge in [0.25, 0.3) is 0 Å². The minimum absolute atomic E-state index is 0.0517. The number of carbonyl (C=O) groups excluding carboxylic acids is 1. The van der Waals surface area contributed by atoms with Crippen molar-refractivity contribution < 1.29 is 9.53 Å². The van der Waals surface area contributed by atoms with Crippen molar-refractivity contribution in [1.82, 2.24) is 5.32 Å². The molecule has 0 amide bonds. The highest BCUT2D eigenvalue weighted by Gasteiger charge is 2.44. The molecular weight excluding hydrogens is 234 g/mol. The number of ether oxygens (including phenoxy) is 1. The molecule has 0 aromatic carbocycles. The number of hydrogen-bond donors (Lipinski definition) is 1. The maximum Gasteiger partial charge on any atom is 0.306 e. The lowest BCUT2D eigenvalue weighted by Crippen LogP contribution is -2.26. The van der Waals surface area contributed by atoms with Gasteiger partial charge >= 0.3 is 5.97 Å². The lowest BCUT2D eigenvalue weighted by atomic mass is 10.1. The van der Waals surface area contributed by atoms with Crippen LogP contribution in [0, 0.1) is 5.41 Å². The van der Waals surface area contributed by atoms with Crippen LogP contribution in [0.3, 0.4) is 0 Å². The summed E-state index contributed by atoms with van der Waals surface area (Å²) in [5, 5.41) is 3.41. The van der Waals surface area contributed by atoms with Crippen LogP contribution in [0.5, 0.6) is 0 Å². The predicted octanol–water partition coefficient (Wildman–Crippen LogP) is 2.45. The number of esters is 1. The van der Waals surface area contributed by atoms with Crippen LogP contribution in [-0.2, 0) is 9.53 Å². The summed E-state index contributed by atoms with van der Waals surface area (Å²) in [5.74, 6) is 2.24. The van der Waals surface area contributed by atoms with Gasteiger partial charge in [0.2, 0.25) is 0 Å². The summed E-state index contributed by atoms with van der Waals surface area (Å²) in [5.41, 5.74) is 0.277. The van der Waals surface area contributed by atoms with E-state index in [1.54, 1.807) is 0 Å².